The molecule has 6 N–H and O–H groups in total. The molecule has 2 aliphatic heterocycles. The highest BCUT2D eigenvalue weighted by Crippen LogP contribution is 2.31. The SMILES string of the molecule is CCCCCCC[C@@H](CC(=O)O)OC(=O)C[C@@H](CCCCCCC)O[C@H]1O[C@@H](C)[C@@H](O)[C@@H](O)[C@H]1O[C@H]1O[C@@H](C)[C@@H](O)[C@@H](O)[C@H]1O. The zero-order chi connectivity index (χ0) is 33.5. The molecule has 0 aliphatic carbocycles. The molecule has 0 amide bonds. The van der Waals surface area contributed by atoms with Gasteiger partial charge in [0.1, 0.15) is 42.7 Å². The molecule has 0 aromatic carbocycles. The molecular weight excluding hydrogens is 592 g/mol. The predicted octanol–water partition coefficient (Wildman–Crippen LogP) is 2.55. The Labute approximate surface area is 267 Å². The van der Waals surface area contributed by atoms with Gasteiger partial charge >= 0.3 is 11.9 Å². The van der Waals surface area contributed by atoms with Crippen LogP contribution in [0.5, 0.6) is 0 Å². The first-order valence-corrected chi connectivity index (χ1v) is 16.8. The molecule has 13 nitrogen and oxygen atoms in total. The van der Waals surface area contributed by atoms with Crippen molar-refractivity contribution >= 4 is 11.9 Å². The molecule has 2 rings (SSSR count). The van der Waals surface area contributed by atoms with Crippen molar-refractivity contribution in [3.05, 3.63) is 0 Å². The zero-order valence-corrected chi connectivity index (χ0v) is 27.4. The van der Waals surface area contributed by atoms with E-state index < -0.39 is 85.6 Å². The first-order valence-electron chi connectivity index (χ1n) is 16.8. The molecule has 0 aromatic rings. The normalized spacial score (nSPS) is 33.4. The molecule has 45 heavy (non-hydrogen) atoms. The van der Waals surface area contributed by atoms with Crippen LogP contribution in [0.2, 0.25) is 0 Å². The zero-order valence-electron chi connectivity index (χ0n) is 27.4. The summed E-state index contributed by atoms with van der Waals surface area (Å²) in [6, 6.07) is 0. The summed E-state index contributed by atoms with van der Waals surface area (Å²) >= 11 is 0. The highest BCUT2D eigenvalue weighted by molar-refractivity contribution is 5.72. The average Bonchev–Trinajstić information content (AvgIpc) is 2.98. The van der Waals surface area contributed by atoms with Gasteiger partial charge in [0.2, 0.25) is 0 Å². The number of carboxylic acids is 1. The predicted molar refractivity (Wildman–Crippen MR) is 162 cm³/mol. The van der Waals surface area contributed by atoms with Crippen LogP contribution in [0.3, 0.4) is 0 Å². The molecule has 13 heteroatoms. The van der Waals surface area contributed by atoms with Crippen LogP contribution >= 0.6 is 0 Å². The number of aliphatic hydroxyl groups excluding tert-OH is 5. The molecule has 0 radical (unpaired) electrons. The van der Waals surface area contributed by atoms with Gasteiger partial charge in [-0.25, -0.2) is 0 Å². The number of hydrogen-bond acceptors (Lipinski definition) is 12. The van der Waals surface area contributed by atoms with E-state index in [1.807, 2.05) is 0 Å². The average molecular weight is 651 g/mol. The molecule has 2 fully saturated rings. The fourth-order valence-corrected chi connectivity index (χ4v) is 5.71. The van der Waals surface area contributed by atoms with E-state index in [2.05, 4.69) is 13.8 Å². The van der Waals surface area contributed by atoms with Gasteiger partial charge in [0.15, 0.2) is 12.6 Å². The van der Waals surface area contributed by atoms with Gasteiger partial charge in [-0.05, 0) is 33.1 Å². The first-order chi connectivity index (χ1) is 21.4. The van der Waals surface area contributed by atoms with Crippen molar-refractivity contribution in [2.24, 2.45) is 0 Å². The Balaban J connectivity index is 2.16. The van der Waals surface area contributed by atoms with Gasteiger partial charge in [0.25, 0.3) is 0 Å². The molecule has 2 heterocycles. The number of unbranched alkanes of at least 4 members (excludes halogenated alkanes) is 8. The Morgan fingerprint density at radius 3 is 1.71 bits per heavy atom. The minimum absolute atomic E-state index is 0.205. The van der Waals surface area contributed by atoms with Crippen molar-refractivity contribution in [1.82, 2.24) is 0 Å². The summed E-state index contributed by atoms with van der Waals surface area (Å²) in [5, 5.41) is 61.7. The molecule has 0 saturated carbocycles. The second-order valence-electron chi connectivity index (χ2n) is 12.6. The van der Waals surface area contributed by atoms with Crippen LogP contribution in [0.4, 0.5) is 0 Å². The monoisotopic (exact) mass is 650 g/mol. The van der Waals surface area contributed by atoms with Crippen molar-refractivity contribution in [1.29, 1.82) is 0 Å². The lowest BCUT2D eigenvalue weighted by molar-refractivity contribution is -0.366. The molecular formula is C32H58O13. The number of ether oxygens (including phenoxy) is 5. The molecule has 0 unspecified atom stereocenters. The van der Waals surface area contributed by atoms with Crippen LogP contribution in [0, 0.1) is 0 Å². The van der Waals surface area contributed by atoms with E-state index in [9.17, 15) is 40.2 Å². The van der Waals surface area contributed by atoms with Crippen LogP contribution in [0.25, 0.3) is 0 Å². The lowest BCUT2D eigenvalue weighted by Gasteiger charge is -2.46. The molecule has 2 aliphatic rings. The number of carboxylic acid groups (broad SMARTS) is 1. The van der Waals surface area contributed by atoms with Crippen LogP contribution in [0.1, 0.15) is 118 Å². The summed E-state index contributed by atoms with van der Waals surface area (Å²) in [5.74, 6) is -1.67. The Morgan fingerprint density at radius 1 is 0.644 bits per heavy atom. The first kappa shape index (κ1) is 39.8. The fraction of sp³-hybridized carbons (Fsp3) is 0.938. The number of carbonyl (C=O) groups excluding carboxylic acids is 1. The topological polar surface area (TPSA) is 202 Å². The van der Waals surface area contributed by atoms with Crippen molar-refractivity contribution < 1.29 is 63.9 Å². The van der Waals surface area contributed by atoms with Crippen molar-refractivity contribution in [2.45, 2.75) is 191 Å². The highest BCUT2D eigenvalue weighted by atomic mass is 16.8. The Morgan fingerprint density at radius 2 is 1.16 bits per heavy atom. The van der Waals surface area contributed by atoms with Gasteiger partial charge in [-0.1, -0.05) is 71.6 Å². The highest BCUT2D eigenvalue weighted by Gasteiger charge is 2.50. The number of carbonyl (C=O) groups is 2. The Kier molecular flexibility index (Phi) is 18.3. The summed E-state index contributed by atoms with van der Waals surface area (Å²) in [6.07, 6.45) is -5.07. The van der Waals surface area contributed by atoms with E-state index in [0.29, 0.717) is 12.8 Å². The number of hydrogen-bond donors (Lipinski definition) is 6. The third-order valence-corrected chi connectivity index (χ3v) is 8.56. The van der Waals surface area contributed by atoms with E-state index in [1.54, 1.807) is 6.92 Å². The van der Waals surface area contributed by atoms with Crippen LogP contribution < -0.4 is 0 Å². The summed E-state index contributed by atoms with van der Waals surface area (Å²) in [5.41, 5.74) is 0. The minimum Gasteiger partial charge on any atom is -0.481 e. The quantitative estimate of drug-likeness (QED) is 0.0782. The van der Waals surface area contributed by atoms with Gasteiger partial charge < -0.3 is 54.3 Å². The second kappa shape index (κ2) is 20.7. The lowest BCUT2D eigenvalue weighted by atomic mass is 9.97. The second-order valence-corrected chi connectivity index (χ2v) is 12.6. The van der Waals surface area contributed by atoms with Gasteiger partial charge in [-0.15, -0.1) is 0 Å². The molecule has 264 valence electrons. The van der Waals surface area contributed by atoms with Crippen molar-refractivity contribution in [3.8, 4) is 0 Å². The third-order valence-electron chi connectivity index (χ3n) is 8.56. The lowest BCUT2D eigenvalue weighted by Crippen LogP contribution is -2.63. The standard InChI is InChI=1S/C32H58O13/c1-5-7-9-11-13-15-21(17-23(33)34)43-24(35)18-22(16-14-12-10-8-6-2)44-32-30(28(39)26(37)20(4)42-32)45-31-29(40)27(38)25(36)19(3)41-31/h19-22,25-32,36-40H,5-18H2,1-4H3,(H,33,34)/t19-,20-,21-,22+,25+,26+,27+,28+,29+,30+,31+,32+/m0/s1. The smallest absolute Gasteiger partial charge is 0.308 e. The molecule has 2 saturated heterocycles. The van der Waals surface area contributed by atoms with E-state index in [0.717, 1.165) is 64.2 Å². The number of esters is 1. The minimum atomic E-state index is -1.67. The number of aliphatic carboxylic acids is 1. The molecule has 12 atom stereocenters. The van der Waals surface area contributed by atoms with Gasteiger partial charge in [-0.3, -0.25) is 9.59 Å². The Hall–Kier alpha value is -1.42. The van der Waals surface area contributed by atoms with Gasteiger partial charge in [-0.2, -0.15) is 0 Å². The largest absolute Gasteiger partial charge is 0.481 e. The van der Waals surface area contributed by atoms with Crippen LogP contribution in [-0.2, 0) is 33.3 Å². The molecule has 0 aromatic heterocycles. The van der Waals surface area contributed by atoms with Crippen molar-refractivity contribution in [2.75, 3.05) is 0 Å². The van der Waals surface area contributed by atoms with Gasteiger partial charge in [0.05, 0.1) is 31.2 Å². The number of aliphatic hydroxyl groups is 5. The summed E-state index contributed by atoms with van der Waals surface area (Å²) in [6.45, 7) is 7.24. The molecule has 0 bridgehead atoms. The third kappa shape index (κ3) is 13.3. The van der Waals surface area contributed by atoms with Gasteiger partial charge in [0, 0.05) is 0 Å². The summed E-state index contributed by atoms with van der Waals surface area (Å²) in [4.78, 5) is 24.6. The number of rotatable bonds is 21. The maximum atomic E-state index is 13.1. The van der Waals surface area contributed by atoms with Crippen LogP contribution in [0.15, 0.2) is 0 Å². The summed E-state index contributed by atoms with van der Waals surface area (Å²) in [7, 11) is 0. The summed E-state index contributed by atoms with van der Waals surface area (Å²) < 4.78 is 29.1. The van der Waals surface area contributed by atoms with E-state index in [1.165, 1.54) is 6.92 Å². The maximum absolute atomic E-state index is 13.1. The van der Waals surface area contributed by atoms with Crippen molar-refractivity contribution in [3.63, 3.8) is 0 Å². The van der Waals surface area contributed by atoms with E-state index in [4.69, 9.17) is 23.7 Å². The Bertz CT molecular complexity index is 844. The fourth-order valence-electron chi connectivity index (χ4n) is 5.71. The van der Waals surface area contributed by atoms with E-state index in [-0.39, 0.29) is 12.8 Å². The van der Waals surface area contributed by atoms with Crippen LogP contribution in [-0.4, -0.2) is 116 Å². The molecule has 0 spiro atoms. The maximum Gasteiger partial charge on any atom is 0.308 e. The van der Waals surface area contributed by atoms with E-state index >= 15 is 0 Å².